The van der Waals surface area contributed by atoms with Gasteiger partial charge in [-0.25, -0.2) is 0 Å². The first-order chi connectivity index (χ1) is 46.6. The minimum absolute atomic E-state index is 0.215. The molecule has 0 radical (unpaired) electrons. The molecule has 0 saturated carbocycles. The molecule has 1 amide bonds. The van der Waals surface area contributed by atoms with Crippen LogP contribution < -0.4 is 5.32 Å². The second-order valence-corrected chi connectivity index (χ2v) is 27.1. The molecule has 2 rings (SSSR count). The highest BCUT2D eigenvalue weighted by Gasteiger charge is 2.51. The first-order valence-corrected chi connectivity index (χ1v) is 39.0. The maximum atomic E-state index is 13.4. The van der Waals surface area contributed by atoms with E-state index < -0.39 is 86.8 Å². The molecule has 2 fully saturated rings. The van der Waals surface area contributed by atoms with Crippen LogP contribution in [-0.4, -0.2) is 140 Å². The Bertz CT molecular complexity index is 1970. The summed E-state index contributed by atoms with van der Waals surface area (Å²) >= 11 is 0. The van der Waals surface area contributed by atoms with Gasteiger partial charge in [-0.2, -0.15) is 0 Å². The first kappa shape index (κ1) is 88.0. The highest BCUT2D eigenvalue weighted by Crippen LogP contribution is 2.30. The number of unbranched alkanes of at least 4 members (excludes halogenated alkanes) is 35. The summed E-state index contributed by atoms with van der Waals surface area (Å²) in [6.45, 7) is 2.78. The summed E-state index contributed by atoms with van der Waals surface area (Å²) in [5, 5.41) is 87.8. The Kier molecular flexibility index (Phi) is 59.6. The predicted octanol–water partition coefficient (Wildman–Crippen LogP) is 17.3. The lowest BCUT2D eigenvalue weighted by Crippen LogP contribution is -2.65. The minimum Gasteiger partial charge on any atom is -0.394 e. The number of allylic oxidation sites excluding steroid dienone is 16. The van der Waals surface area contributed by atoms with Crippen molar-refractivity contribution in [2.45, 2.75) is 389 Å². The van der Waals surface area contributed by atoms with E-state index in [1.165, 1.54) is 180 Å². The molecule has 95 heavy (non-hydrogen) atoms. The highest BCUT2D eigenvalue weighted by atomic mass is 16.7. The van der Waals surface area contributed by atoms with Crippen LogP contribution in [-0.2, 0) is 23.7 Å². The van der Waals surface area contributed by atoms with Gasteiger partial charge in [0.05, 0.1) is 32.0 Å². The minimum atomic E-state index is -1.79. The number of nitrogens with one attached hydrogen (secondary N) is 1. The fourth-order valence-corrected chi connectivity index (χ4v) is 12.4. The summed E-state index contributed by atoms with van der Waals surface area (Å²) in [7, 11) is 0. The molecule has 0 spiro atoms. The maximum Gasteiger partial charge on any atom is 0.220 e. The zero-order chi connectivity index (χ0) is 68.7. The van der Waals surface area contributed by atoms with Crippen LogP contribution in [0.4, 0.5) is 0 Å². The second kappa shape index (κ2) is 64.3. The van der Waals surface area contributed by atoms with Gasteiger partial charge < -0.3 is 65.1 Å². The van der Waals surface area contributed by atoms with Crippen LogP contribution in [0.15, 0.2) is 97.2 Å². The standard InChI is InChI=1S/C81H143NO13/c1-3-5-7-9-11-13-15-17-19-21-23-25-27-29-31-33-34-35-36-37-39-41-43-45-47-49-51-53-55-57-59-61-63-65-73(86)82-69(68-92-80-78(91)76(89)79(72(67-84)94-80)95-81-77(90)75(88)74(87)71(66-83)93-81)70(85)64-62-60-58-56-54-52-50-48-46-44-42-40-38-32-30-28-26-24-22-20-18-16-14-12-10-8-6-4-2/h5,7,11,13,17,19,23,25,29,31,34-35,37,39,43,45,69-72,74-81,83-85,87-91H,3-4,6,8-10,12,14-16,18,20-22,24,26-28,30,32-33,36,38,40-42,44,46-68H2,1-2H3,(H,82,86)/b7-5-,13-11-,19-17-,25-23-,31-29-,35-34-,39-37-,45-43-. The molecule has 2 aliphatic heterocycles. The predicted molar refractivity (Wildman–Crippen MR) is 392 cm³/mol. The average molecular weight is 1340 g/mol. The van der Waals surface area contributed by atoms with Gasteiger partial charge in [0.1, 0.15) is 48.8 Å². The molecule has 2 heterocycles. The van der Waals surface area contributed by atoms with Gasteiger partial charge in [-0.05, 0) is 77.0 Å². The Labute approximate surface area is 579 Å². The van der Waals surface area contributed by atoms with Crippen LogP contribution in [0.25, 0.3) is 0 Å². The number of hydrogen-bond donors (Lipinski definition) is 9. The van der Waals surface area contributed by atoms with E-state index in [-0.39, 0.29) is 18.9 Å². The lowest BCUT2D eigenvalue weighted by Gasteiger charge is -2.46. The van der Waals surface area contributed by atoms with Gasteiger partial charge in [0, 0.05) is 6.42 Å². The SMILES string of the molecule is CC/C=C\C/C=C\C/C=C\C/C=C\C/C=C\C/C=C\C/C=C\C/C=C\CCCCCCCCCCC(=O)NC(COC1OC(CO)C(OC2OC(CO)C(O)C(O)C2O)C(O)C1O)C(O)CCCCCCCCCCCCCCCCCCCCCCCCCCCCCC. The van der Waals surface area contributed by atoms with E-state index >= 15 is 0 Å². The molecular weight excluding hydrogens is 1190 g/mol. The van der Waals surface area contributed by atoms with Crippen LogP contribution >= 0.6 is 0 Å². The van der Waals surface area contributed by atoms with Gasteiger partial charge in [-0.3, -0.25) is 4.79 Å². The number of aliphatic hydroxyl groups excluding tert-OH is 8. The molecule has 14 nitrogen and oxygen atoms in total. The molecule has 0 aromatic heterocycles. The number of carbonyl (C=O) groups excluding carboxylic acids is 1. The highest BCUT2D eigenvalue weighted by molar-refractivity contribution is 5.76. The second-order valence-electron chi connectivity index (χ2n) is 27.1. The van der Waals surface area contributed by atoms with E-state index in [1.807, 2.05) is 0 Å². The molecule has 0 bridgehead atoms. The lowest BCUT2D eigenvalue weighted by molar-refractivity contribution is -0.359. The summed E-state index contributed by atoms with van der Waals surface area (Å²) in [5.41, 5.74) is 0. The van der Waals surface area contributed by atoms with Crippen LogP contribution in [0.1, 0.15) is 316 Å². The van der Waals surface area contributed by atoms with Crippen molar-refractivity contribution < 1.29 is 64.6 Å². The number of ether oxygens (including phenoxy) is 4. The van der Waals surface area contributed by atoms with Gasteiger partial charge >= 0.3 is 0 Å². The van der Waals surface area contributed by atoms with Gasteiger partial charge in [0.15, 0.2) is 12.6 Å². The monoisotopic (exact) mass is 1340 g/mol. The molecule has 550 valence electrons. The quantitative estimate of drug-likeness (QED) is 0.0204. The molecule has 12 atom stereocenters. The summed E-state index contributed by atoms with van der Waals surface area (Å²) < 4.78 is 23.0. The van der Waals surface area contributed by atoms with Crippen molar-refractivity contribution in [1.29, 1.82) is 0 Å². The third-order valence-electron chi connectivity index (χ3n) is 18.6. The molecule has 0 aliphatic carbocycles. The van der Waals surface area contributed by atoms with Crippen LogP contribution in [0, 0.1) is 0 Å². The first-order valence-electron chi connectivity index (χ1n) is 39.0. The fraction of sp³-hybridized carbons (Fsp3) is 0.790. The van der Waals surface area contributed by atoms with Gasteiger partial charge in [0.25, 0.3) is 0 Å². The van der Waals surface area contributed by atoms with Gasteiger partial charge in [0.2, 0.25) is 5.91 Å². The third-order valence-corrected chi connectivity index (χ3v) is 18.6. The van der Waals surface area contributed by atoms with Crippen molar-refractivity contribution in [1.82, 2.24) is 5.32 Å². The lowest BCUT2D eigenvalue weighted by atomic mass is 9.97. The Morgan fingerprint density at radius 3 is 1.12 bits per heavy atom. The van der Waals surface area contributed by atoms with E-state index in [0.29, 0.717) is 12.8 Å². The van der Waals surface area contributed by atoms with Crippen molar-refractivity contribution in [2.75, 3.05) is 19.8 Å². The zero-order valence-corrected chi connectivity index (χ0v) is 60.1. The molecule has 9 N–H and O–H groups in total. The van der Waals surface area contributed by atoms with Crippen molar-refractivity contribution in [3.63, 3.8) is 0 Å². The zero-order valence-electron chi connectivity index (χ0n) is 60.1. The van der Waals surface area contributed by atoms with Crippen molar-refractivity contribution in [3.05, 3.63) is 97.2 Å². The Hall–Kier alpha value is -3.09. The average Bonchev–Trinajstić information content (AvgIpc) is 0.801. The Morgan fingerprint density at radius 1 is 0.389 bits per heavy atom. The maximum absolute atomic E-state index is 13.4. The summed E-state index contributed by atoms with van der Waals surface area (Å²) in [5.74, 6) is -0.215. The molecule has 12 unspecified atom stereocenters. The van der Waals surface area contributed by atoms with Crippen molar-refractivity contribution in [3.8, 4) is 0 Å². The summed E-state index contributed by atoms with van der Waals surface area (Å²) in [6, 6.07) is -0.842. The fourth-order valence-electron chi connectivity index (χ4n) is 12.4. The molecular formula is C81H143NO13. The van der Waals surface area contributed by atoms with E-state index in [0.717, 1.165) is 103 Å². The molecule has 0 aromatic rings. The van der Waals surface area contributed by atoms with Gasteiger partial charge in [-0.15, -0.1) is 0 Å². The third kappa shape index (κ3) is 47.6. The smallest absolute Gasteiger partial charge is 0.220 e. The van der Waals surface area contributed by atoms with Crippen LogP contribution in [0.5, 0.6) is 0 Å². The molecule has 14 heteroatoms. The topological polar surface area (TPSA) is 228 Å². The van der Waals surface area contributed by atoms with E-state index in [4.69, 9.17) is 18.9 Å². The van der Waals surface area contributed by atoms with Crippen LogP contribution in [0.2, 0.25) is 0 Å². The summed E-state index contributed by atoms with van der Waals surface area (Å²) in [6.07, 6.45) is 74.3. The van der Waals surface area contributed by atoms with Crippen molar-refractivity contribution in [2.24, 2.45) is 0 Å². The van der Waals surface area contributed by atoms with E-state index in [1.54, 1.807) is 0 Å². The van der Waals surface area contributed by atoms with Gasteiger partial charge in [-0.1, -0.05) is 329 Å². The number of amides is 1. The largest absolute Gasteiger partial charge is 0.394 e. The number of hydrogen-bond acceptors (Lipinski definition) is 13. The Morgan fingerprint density at radius 2 is 0.726 bits per heavy atom. The van der Waals surface area contributed by atoms with Crippen molar-refractivity contribution >= 4 is 5.91 Å². The molecule has 0 aromatic carbocycles. The normalized spacial score (nSPS) is 22.9. The number of aliphatic hydroxyl groups is 8. The molecule has 2 aliphatic rings. The molecule has 2 saturated heterocycles. The van der Waals surface area contributed by atoms with E-state index in [9.17, 15) is 45.6 Å². The summed E-state index contributed by atoms with van der Waals surface area (Å²) in [4.78, 5) is 13.4. The number of carbonyl (C=O) groups is 1. The van der Waals surface area contributed by atoms with E-state index in [2.05, 4.69) is 116 Å². The van der Waals surface area contributed by atoms with Crippen LogP contribution in [0.3, 0.4) is 0 Å². The Balaban J connectivity index is 1.64. The number of rotatable bonds is 64.